The molecule has 1 aromatic carbocycles. The third-order valence-corrected chi connectivity index (χ3v) is 5.83. The highest BCUT2D eigenvalue weighted by molar-refractivity contribution is 5.63. The molecule has 0 amide bonds. The van der Waals surface area contributed by atoms with Crippen molar-refractivity contribution in [2.75, 3.05) is 5.73 Å². The summed E-state index contributed by atoms with van der Waals surface area (Å²) in [6.45, 7) is 2.23. The van der Waals surface area contributed by atoms with Gasteiger partial charge < -0.3 is 10.2 Å². The van der Waals surface area contributed by atoms with E-state index in [1.54, 1.807) is 29.5 Å². The molecule has 5 rings (SSSR count). The Hall–Kier alpha value is -3.48. The Bertz CT molecular complexity index is 1140. The maximum Gasteiger partial charge on any atom is 0.219 e. The van der Waals surface area contributed by atoms with Crippen molar-refractivity contribution in [1.82, 2.24) is 24.7 Å². The first kappa shape index (κ1) is 17.6. The third-order valence-electron chi connectivity index (χ3n) is 5.83. The van der Waals surface area contributed by atoms with E-state index in [1.165, 1.54) is 18.4 Å². The Morgan fingerprint density at radius 2 is 1.76 bits per heavy atom. The largest absolute Gasteiger partial charge is 0.447 e. The topological polar surface area (TPSA) is 95.7 Å². The first-order chi connectivity index (χ1) is 14.0. The molecule has 0 bridgehead atoms. The monoisotopic (exact) mass is 386 g/mol. The van der Waals surface area contributed by atoms with Gasteiger partial charge in [-0.05, 0) is 36.8 Å². The van der Waals surface area contributed by atoms with Gasteiger partial charge in [0.05, 0.1) is 11.6 Å². The predicted octanol–water partition coefficient (Wildman–Crippen LogP) is 3.83. The zero-order valence-electron chi connectivity index (χ0n) is 16.4. The van der Waals surface area contributed by atoms with Crippen LogP contribution in [0.2, 0.25) is 0 Å². The Morgan fingerprint density at radius 1 is 1.03 bits per heavy atom. The van der Waals surface area contributed by atoms with Crippen LogP contribution in [0, 0.1) is 5.92 Å². The molecule has 4 aromatic rings. The van der Waals surface area contributed by atoms with Crippen molar-refractivity contribution in [3.8, 4) is 22.4 Å². The van der Waals surface area contributed by atoms with Crippen LogP contribution in [0.1, 0.15) is 31.2 Å². The number of rotatable bonds is 5. The Kier molecular flexibility index (Phi) is 3.97. The number of benzene rings is 1. The van der Waals surface area contributed by atoms with Gasteiger partial charge in [0, 0.05) is 36.8 Å². The van der Waals surface area contributed by atoms with Crippen molar-refractivity contribution in [2.45, 2.75) is 25.2 Å². The second-order valence-electron chi connectivity index (χ2n) is 7.82. The minimum atomic E-state index is -0.267. The van der Waals surface area contributed by atoms with Gasteiger partial charge in [-0.15, -0.1) is 0 Å². The summed E-state index contributed by atoms with van der Waals surface area (Å²) < 4.78 is 7.76. The molecule has 0 saturated heterocycles. The molecule has 0 aliphatic heterocycles. The first-order valence-corrected chi connectivity index (χ1v) is 9.67. The standard InChI is InChI=1S/C22H22N6O/c1-22(18-7-8-18,20-27-19(13-29-20)16-11-26-28(2)12-16)17-5-3-14(4-6-17)15-9-24-21(23)25-10-15/h3-6,9-13,18H,7-8H2,1-2H3,(H2,23,24,25)/t22-/m0/s1. The number of hydrogen-bond acceptors (Lipinski definition) is 6. The first-order valence-electron chi connectivity index (χ1n) is 9.67. The van der Waals surface area contributed by atoms with Crippen LogP contribution in [0.25, 0.3) is 22.4 Å². The number of anilines is 1. The molecule has 7 heteroatoms. The van der Waals surface area contributed by atoms with Crippen LogP contribution in [-0.4, -0.2) is 24.7 Å². The van der Waals surface area contributed by atoms with Gasteiger partial charge in [-0.2, -0.15) is 5.10 Å². The molecular weight excluding hydrogens is 364 g/mol. The molecule has 3 heterocycles. The molecule has 1 fully saturated rings. The molecule has 0 radical (unpaired) electrons. The van der Waals surface area contributed by atoms with E-state index in [0.29, 0.717) is 5.92 Å². The summed E-state index contributed by atoms with van der Waals surface area (Å²) in [5.74, 6) is 1.55. The molecule has 2 N–H and O–H groups in total. The molecule has 1 atom stereocenters. The lowest BCUT2D eigenvalue weighted by molar-refractivity contribution is 0.357. The Morgan fingerprint density at radius 3 is 2.38 bits per heavy atom. The summed E-state index contributed by atoms with van der Waals surface area (Å²) in [6.07, 6.45) is 11.3. The molecule has 146 valence electrons. The fraction of sp³-hybridized carbons (Fsp3) is 0.273. The van der Waals surface area contributed by atoms with E-state index >= 15 is 0 Å². The van der Waals surface area contributed by atoms with Gasteiger partial charge in [-0.1, -0.05) is 24.3 Å². The lowest BCUT2D eigenvalue weighted by Gasteiger charge is -2.27. The van der Waals surface area contributed by atoms with Crippen LogP contribution in [0.4, 0.5) is 5.95 Å². The maximum absolute atomic E-state index is 6.00. The van der Waals surface area contributed by atoms with E-state index in [9.17, 15) is 0 Å². The zero-order valence-corrected chi connectivity index (χ0v) is 16.4. The van der Waals surface area contributed by atoms with Crippen LogP contribution in [0.15, 0.2) is 59.7 Å². The second-order valence-corrected chi connectivity index (χ2v) is 7.82. The van der Waals surface area contributed by atoms with E-state index in [1.807, 2.05) is 13.2 Å². The Balaban J connectivity index is 1.50. The third kappa shape index (κ3) is 3.08. The number of aryl methyl sites for hydroxylation is 1. The molecule has 1 aliphatic carbocycles. The van der Waals surface area contributed by atoms with Crippen LogP contribution in [-0.2, 0) is 12.5 Å². The maximum atomic E-state index is 6.00. The number of hydrogen-bond donors (Lipinski definition) is 1. The number of aromatic nitrogens is 5. The minimum Gasteiger partial charge on any atom is -0.447 e. The molecule has 0 unspecified atom stereocenters. The fourth-order valence-electron chi connectivity index (χ4n) is 3.89. The van der Waals surface area contributed by atoms with Crippen LogP contribution in [0.5, 0.6) is 0 Å². The normalized spacial score (nSPS) is 15.9. The van der Waals surface area contributed by atoms with Crippen LogP contribution in [0.3, 0.4) is 0 Å². The highest BCUT2D eigenvalue weighted by atomic mass is 16.3. The molecule has 3 aromatic heterocycles. The van der Waals surface area contributed by atoms with Gasteiger partial charge >= 0.3 is 0 Å². The summed E-state index contributed by atoms with van der Waals surface area (Å²) in [5.41, 5.74) is 10.3. The lowest BCUT2D eigenvalue weighted by atomic mass is 9.77. The number of nitrogen functional groups attached to an aromatic ring is 1. The molecule has 1 aliphatic rings. The van der Waals surface area contributed by atoms with Crippen molar-refractivity contribution >= 4 is 5.95 Å². The van der Waals surface area contributed by atoms with Crippen molar-refractivity contribution in [2.24, 2.45) is 13.0 Å². The van der Waals surface area contributed by atoms with E-state index < -0.39 is 0 Å². The zero-order chi connectivity index (χ0) is 20.0. The van der Waals surface area contributed by atoms with Crippen molar-refractivity contribution in [1.29, 1.82) is 0 Å². The molecule has 0 spiro atoms. The molecule has 1 saturated carbocycles. The van der Waals surface area contributed by atoms with Gasteiger partial charge in [0.15, 0.2) is 0 Å². The van der Waals surface area contributed by atoms with Crippen molar-refractivity contribution in [3.05, 3.63) is 66.8 Å². The van der Waals surface area contributed by atoms with Gasteiger partial charge in [-0.25, -0.2) is 15.0 Å². The van der Waals surface area contributed by atoms with Crippen molar-refractivity contribution < 1.29 is 4.42 Å². The highest BCUT2D eigenvalue weighted by Crippen LogP contribution is 2.51. The molecule has 29 heavy (non-hydrogen) atoms. The fourth-order valence-corrected chi connectivity index (χ4v) is 3.89. The van der Waals surface area contributed by atoms with E-state index in [0.717, 1.165) is 28.3 Å². The average molecular weight is 386 g/mol. The molecular formula is C22H22N6O. The summed E-state index contributed by atoms with van der Waals surface area (Å²) in [6, 6.07) is 8.49. The predicted molar refractivity (Wildman–Crippen MR) is 110 cm³/mol. The van der Waals surface area contributed by atoms with Crippen LogP contribution >= 0.6 is 0 Å². The summed E-state index contributed by atoms with van der Waals surface area (Å²) in [4.78, 5) is 13.0. The number of oxazole rings is 1. The second kappa shape index (κ2) is 6.55. The molecule has 7 nitrogen and oxygen atoms in total. The summed E-state index contributed by atoms with van der Waals surface area (Å²) in [7, 11) is 1.90. The summed E-state index contributed by atoms with van der Waals surface area (Å²) >= 11 is 0. The number of nitrogens with two attached hydrogens (primary N) is 1. The van der Waals surface area contributed by atoms with Gasteiger partial charge in [0.2, 0.25) is 11.8 Å². The van der Waals surface area contributed by atoms with Crippen LogP contribution < -0.4 is 5.73 Å². The van der Waals surface area contributed by atoms with Crippen molar-refractivity contribution in [3.63, 3.8) is 0 Å². The van der Waals surface area contributed by atoms with E-state index in [2.05, 4.69) is 46.3 Å². The van der Waals surface area contributed by atoms with Gasteiger partial charge in [-0.3, -0.25) is 4.68 Å². The number of nitrogens with zero attached hydrogens (tertiary/aromatic N) is 5. The average Bonchev–Trinajstić information content (AvgIpc) is 3.32. The highest BCUT2D eigenvalue weighted by Gasteiger charge is 2.47. The minimum absolute atomic E-state index is 0.267. The van der Waals surface area contributed by atoms with Gasteiger partial charge in [0.25, 0.3) is 0 Å². The summed E-state index contributed by atoms with van der Waals surface area (Å²) in [5, 5.41) is 4.23. The quantitative estimate of drug-likeness (QED) is 0.560. The lowest BCUT2D eigenvalue weighted by Crippen LogP contribution is -2.26. The SMILES string of the molecule is Cn1cc(-c2coc([C@@](C)(c3ccc(-c4cnc(N)nc4)cc3)C3CC3)n2)cn1. The van der Waals surface area contributed by atoms with Gasteiger partial charge in [0.1, 0.15) is 12.0 Å². The van der Waals surface area contributed by atoms with E-state index in [4.69, 9.17) is 15.1 Å². The van der Waals surface area contributed by atoms with E-state index in [-0.39, 0.29) is 11.4 Å². The smallest absolute Gasteiger partial charge is 0.219 e. The Labute approximate surface area is 168 Å².